The van der Waals surface area contributed by atoms with E-state index >= 15 is 0 Å². The maximum atomic E-state index is 12.4. The molecule has 0 radical (unpaired) electrons. The Kier molecular flexibility index (Phi) is 6.82. The van der Waals surface area contributed by atoms with Crippen molar-refractivity contribution < 1.29 is 4.74 Å². The van der Waals surface area contributed by atoms with Gasteiger partial charge >= 0.3 is 5.69 Å². The number of rotatable bonds is 6. The van der Waals surface area contributed by atoms with E-state index in [0.717, 1.165) is 29.7 Å². The van der Waals surface area contributed by atoms with E-state index in [-0.39, 0.29) is 12.3 Å². The molecule has 0 saturated carbocycles. The smallest absolute Gasteiger partial charge is 0.368 e. The van der Waals surface area contributed by atoms with Crippen molar-refractivity contribution in [1.82, 2.24) is 19.8 Å². The second-order valence-electron chi connectivity index (χ2n) is 8.34. The van der Waals surface area contributed by atoms with Crippen LogP contribution in [0, 0.1) is 6.92 Å². The Balaban J connectivity index is 1.56. The minimum absolute atomic E-state index is 0.257. The van der Waals surface area contributed by atoms with Gasteiger partial charge in [-0.25, -0.2) is 4.79 Å². The third kappa shape index (κ3) is 4.79. The summed E-state index contributed by atoms with van der Waals surface area (Å²) in [6.07, 6.45) is 5.31. The Morgan fingerprint density at radius 2 is 1.88 bits per heavy atom. The lowest BCUT2D eigenvalue weighted by atomic mass is 9.87. The first-order valence-corrected chi connectivity index (χ1v) is 11.4. The lowest BCUT2D eigenvalue weighted by Gasteiger charge is -2.18. The quantitative estimate of drug-likeness (QED) is 0.326. The fraction of sp³-hybridized carbons (Fsp3) is 0.400. The van der Waals surface area contributed by atoms with Crippen LogP contribution >= 0.6 is 0 Å². The van der Waals surface area contributed by atoms with Gasteiger partial charge in [0.25, 0.3) is 0 Å². The van der Waals surface area contributed by atoms with Crippen molar-refractivity contribution in [1.29, 1.82) is 0 Å². The minimum Gasteiger partial charge on any atom is -0.475 e. The second-order valence-corrected chi connectivity index (χ2v) is 8.34. The summed E-state index contributed by atoms with van der Waals surface area (Å²) in [5.74, 6) is 0.542. The molecular formula is C25H30N6O2. The molecule has 33 heavy (non-hydrogen) atoms. The highest BCUT2D eigenvalue weighted by atomic mass is 16.5. The van der Waals surface area contributed by atoms with Gasteiger partial charge in [-0.05, 0) is 72.7 Å². The number of hydrogen-bond acceptors (Lipinski definition) is 6. The SMILES string of the molecule is CC/C(=N/N=C(C)c1cccc2c1CCCC2)OCc1c(C)cccc1-n1nnn(C)c1=O. The van der Waals surface area contributed by atoms with Crippen LogP contribution in [0.25, 0.3) is 5.69 Å². The summed E-state index contributed by atoms with van der Waals surface area (Å²) in [4.78, 5) is 12.4. The number of hydrogen-bond donors (Lipinski definition) is 0. The summed E-state index contributed by atoms with van der Waals surface area (Å²) < 4.78 is 8.53. The predicted octanol–water partition coefficient (Wildman–Crippen LogP) is 3.90. The molecule has 0 N–H and O–H groups in total. The van der Waals surface area contributed by atoms with E-state index in [1.807, 2.05) is 39.0 Å². The van der Waals surface area contributed by atoms with Crippen LogP contribution in [-0.2, 0) is 31.2 Å². The van der Waals surface area contributed by atoms with Gasteiger partial charge in [0.2, 0.25) is 5.90 Å². The Bertz CT molecular complexity index is 1270. The van der Waals surface area contributed by atoms with Crippen LogP contribution in [0.5, 0.6) is 0 Å². The molecule has 8 nitrogen and oxygen atoms in total. The fourth-order valence-electron chi connectivity index (χ4n) is 4.20. The fourth-order valence-corrected chi connectivity index (χ4v) is 4.20. The molecule has 1 aliphatic rings. The highest BCUT2D eigenvalue weighted by Crippen LogP contribution is 2.25. The highest BCUT2D eigenvalue weighted by Gasteiger charge is 2.15. The molecule has 0 aliphatic heterocycles. The standard InChI is InChI=1S/C25H30N6O2/c1-5-24(27-26-18(3)20-14-9-12-19-11-6-7-13-21(19)20)33-16-22-17(2)10-8-15-23(22)31-25(32)30(4)28-29-31/h8-10,12,14-15H,5-7,11,13,16H2,1-4H3/b26-18?,27-24-. The molecule has 172 valence electrons. The maximum absolute atomic E-state index is 12.4. The van der Waals surface area contributed by atoms with Gasteiger partial charge in [-0.3, -0.25) is 0 Å². The largest absolute Gasteiger partial charge is 0.475 e. The van der Waals surface area contributed by atoms with Crippen molar-refractivity contribution >= 4 is 11.6 Å². The average Bonchev–Trinajstić information content (AvgIpc) is 3.17. The lowest BCUT2D eigenvalue weighted by molar-refractivity contribution is 0.282. The Morgan fingerprint density at radius 3 is 2.64 bits per heavy atom. The second kappa shape index (κ2) is 9.94. The summed E-state index contributed by atoms with van der Waals surface area (Å²) in [6.45, 7) is 6.22. The number of nitrogens with zero attached hydrogens (tertiary/aromatic N) is 6. The highest BCUT2D eigenvalue weighted by molar-refractivity contribution is 6.00. The van der Waals surface area contributed by atoms with Gasteiger partial charge in [-0.15, -0.1) is 5.10 Å². The molecule has 0 saturated heterocycles. The first kappa shape index (κ1) is 22.6. The summed E-state index contributed by atoms with van der Waals surface area (Å²) in [7, 11) is 1.57. The normalized spacial score (nSPS) is 14.3. The van der Waals surface area contributed by atoms with Crippen LogP contribution in [0.15, 0.2) is 51.4 Å². The Labute approximate surface area is 193 Å². The molecule has 2 aromatic carbocycles. The number of benzene rings is 2. The number of ether oxygens (including phenoxy) is 1. The molecule has 0 amide bonds. The number of aryl methyl sites for hydroxylation is 3. The summed E-state index contributed by atoms with van der Waals surface area (Å²) in [6, 6.07) is 12.2. The van der Waals surface area contributed by atoms with E-state index in [1.165, 1.54) is 38.9 Å². The monoisotopic (exact) mass is 446 g/mol. The third-order valence-electron chi connectivity index (χ3n) is 6.12. The average molecular weight is 447 g/mol. The zero-order chi connectivity index (χ0) is 23.4. The van der Waals surface area contributed by atoms with Gasteiger partial charge in [0.1, 0.15) is 6.61 Å². The molecule has 8 heteroatoms. The zero-order valence-corrected chi connectivity index (χ0v) is 19.7. The van der Waals surface area contributed by atoms with Crippen LogP contribution in [0.4, 0.5) is 0 Å². The molecule has 1 heterocycles. The molecule has 0 fully saturated rings. The molecule has 0 atom stereocenters. The van der Waals surface area contributed by atoms with Gasteiger partial charge in [0, 0.05) is 24.6 Å². The first-order chi connectivity index (χ1) is 16.0. The van der Waals surface area contributed by atoms with Crippen molar-refractivity contribution in [3.63, 3.8) is 0 Å². The van der Waals surface area contributed by atoms with Gasteiger partial charge < -0.3 is 4.74 Å². The molecule has 0 bridgehead atoms. The molecule has 1 aromatic heterocycles. The van der Waals surface area contributed by atoms with E-state index in [1.54, 1.807) is 7.05 Å². The number of aromatic nitrogens is 4. The van der Waals surface area contributed by atoms with Crippen LogP contribution < -0.4 is 5.69 Å². The van der Waals surface area contributed by atoms with E-state index < -0.39 is 0 Å². The topological polar surface area (TPSA) is 86.7 Å². The van der Waals surface area contributed by atoms with Gasteiger partial charge in [0.15, 0.2) is 0 Å². The van der Waals surface area contributed by atoms with Crippen molar-refractivity contribution in [3.8, 4) is 5.69 Å². The molecular weight excluding hydrogens is 416 g/mol. The van der Waals surface area contributed by atoms with Crippen LogP contribution in [0.1, 0.15) is 60.9 Å². The molecule has 1 aliphatic carbocycles. The zero-order valence-electron chi connectivity index (χ0n) is 19.7. The van der Waals surface area contributed by atoms with Gasteiger partial charge in [-0.1, -0.05) is 37.3 Å². The van der Waals surface area contributed by atoms with Crippen molar-refractivity contribution in [2.45, 2.75) is 59.5 Å². The van der Waals surface area contributed by atoms with Crippen molar-refractivity contribution in [2.75, 3.05) is 0 Å². The van der Waals surface area contributed by atoms with Gasteiger partial charge in [-0.2, -0.15) is 14.5 Å². The minimum atomic E-state index is -0.308. The summed E-state index contributed by atoms with van der Waals surface area (Å²) >= 11 is 0. The van der Waals surface area contributed by atoms with E-state index in [9.17, 15) is 4.79 Å². The maximum Gasteiger partial charge on any atom is 0.368 e. The predicted molar refractivity (Wildman–Crippen MR) is 129 cm³/mol. The van der Waals surface area contributed by atoms with E-state index in [0.29, 0.717) is 18.0 Å². The summed E-state index contributed by atoms with van der Waals surface area (Å²) in [5, 5.41) is 16.7. The Morgan fingerprint density at radius 1 is 1.09 bits per heavy atom. The van der Waals surface area contributed by atoms with Crippen LogP contribution in [-0.4, -0.2) is 31.4 Å². The first-order valence-electron chi connectivity index (χ1n) is 11.4. The summed E-state index contributed by atoms with van der Waals surface area (Å²) in [5.41, 5.74) is 7.10. The number of fused-ring (bicyclic) bond motifs is 1. The third-order valence-corrected chi connectivity index (χ3v) is 6.12. The van der Waals surface area contributed by atoms with Crippen LogP contribution in [0.2, 0.25) is 0 Å². The van der Waals surface area contributed by atoms with Gasteiger partial charge in [0.05, 0.1) is 11.4 Å². The molecule has 0 unspecified atom stereocenters. The number of tetrazole rings is 1. The van der Waals surface area contributed by atoms with Crippen LogP contribution in [0.3, 0.4) is 0 Å². The van der Waals surface area contributed by atoms with E-state index in [2.05, 4.69) is 38.8 Å². The molecule has 4 rings (SSSR count). The molecule has 3 aromatic rings. The van der Waals surface area contributed by atoms with E-state index in [4.69, 9.17) is 4.74 Å². The van der Waals surface area contributed by atoms with Crippen molar-refractivity contribution in [3.05, 3.63) is 74.7 Å². The molecule has 0 spiro atoms. The lowest BCUT2D eigenvalue weighted by Crippen LogP contribution is -2.23. The Hall–Kier alpha value is -3.55. The van der Waals surface area contributed by atoms with Crippen molar-refractivity contribution in [2.24, 2.45) is 17.3 Å².